The van der Waals surface area contributed by atoms with Crippen molar-refractivity contribution in [3.05, 3.63) is 0 Å². The lowest BCUT2D eigenvalue weighted by Crippen LogP contribution is -2.58. The van der Waals surface area contributed by atoms with E-state index in [4.69, 9.17) is 0 Å². The van der Waals surface area contributed by atoms with Crippen molar-refractivity contribution in [2.24, 2.45) is 0 Å². The number of hydrogen-bond acceptors (Lipinski definition) is 5. The van der Waals surface area contributed by atoms with Crippen LogP contribution in [-0.4, -0.2) is 56.0 Å². The molecular formula is C12H25ClN2O3S2. The van der Waals surface area contributed by atoms with Gasteiger partial charge in [-0.25, -0.2) is 8.42 Å². The van der Waals surface area contributed by atoms with Crippen LogP contribution in [0, 0.1) is 0 Å². The third-order valence-corrected chi connectivity index (χ3v) is 7.02. The number of piperidine rings is 1. The molecule has 1 amide bonds. The summed E-state index contributed by atoms with van der Waals surface area (Å²) in [5, 5.41) is 5.93. The van der Waals surface area contributed by atoms with Gasteiger partial charge in [-0.1, -0.05) is 0 Å². The van der Waals surface area contributed by atoms with Crippen LogP contribution < -0.4 is 10.6 Å². The Bertz CT molecular complexity index is 432. The molecule has 0 radical (unpaired) electrons. The van der Waals surface area contributed by atoms with E-state index in [1.165, 1.54) is 0 Å². The Hall–Kier alpha value is 0.0200. The molecule has 20 heavy (non-hydrogen) atoms. The maximum atomic E-state index is 12.4. The number of thioether (sulfide) groups is 1. The molecule has 0 aromatic rings. The topological polar surface area (TPSA) is 75.3 Å². The number of rotatable bonds is 5. The Labute approximate surface area is 132 Å². The fourth-order valence-corrected chi connectivity index (χ4v) is 3.69. The first kappa shape index (κ1) is 20.0. The number of sulfone groups is 1. The molecule has 1 saturated heterocycles. The highest BCUT2D eigenvalue weighted by Crippen LogP contribution is 2.28. The van der Waals surface area contributed by atoms with E-state index in [0.29, 0.717) is 32.5 Å². The number of hydrogen-bond donors (Lipinski definition) is 2. The van der Waals surface area contributed by atoms with E-state index in [2.05, 4.69) is 10.6 Å². The maximum absolute atomic E-state index is 12.4. The molecule has 5 nitrogen and oxygen atoms in total. The van der Waals surface area contributed by atoms with Gasteiger partial charge in [0.05, 0.1) is 0 Å². The van der Waals surface area contributed by atoms with Crippen LogP contribution in [0.5, 0.6) is 0 Å². The van der Waals surface area contributed by atoms with Crippen LogP contribution in [0.1, 0.15) is 26.7 Å². The SMILES string of the molecule is CSC(C)(C)CNC(=O)C1(S(C)(=O)=O)CCNCC1.Cl. The lowest BCUT2D eigenvalue weighted by atomic mass is 9.95. The highest BCUT2D eigenvalue weighted by molar-refractivity contribution is 8.00. The average Bonchev–Trinajstić information content (AvgIpc) is 2.35. The number of halogens is 1. The summed E-state index contributed by atoms with van der Waals surface area (Å²) in [5.74, 6) is -0.348. The smallest absolute Gasteiger partial charge is 0.241 e. The summed E-state index contributed by atoms with van der Waals surface area (Å²) in [7, 11) is -3.42. The predicted octanol–water partition coefficient (Wildman–Crippen LogP) is 0.833. The van der Waals surface area contributed by atoms with E-state index in [1.807, 2.05) is 20.1 Å². The van der Waals surface area contributed by atoms with Gasteiger partial charge in [0, 0.05) is 17.5 Å². The first-order valence-corrected chi connectivity index (χ1v) is 9.50. The Morgan fingerprint density at radius 3 is 2.25 bits per heavy atom. The fourth-order valence-electron chi connectivity index (χ4n) is 2.12. The summed E-state index contributed by atoms with van der Waals surface area (Å²) in [5.41, 5.74) is 0. The molecular weight excluding hydrogens is 320 g/mol. The molecule has 0 aliphatic carbocycles. The zero-order chi connectivity index (χ0) is 14.7. The van der Waals surface area contributed by atoms with Gasteiger partial charge in [-0.05, 0) is 46.0 Å². The molecule has 0 aromatic carbocycles. The van der Waals surface area contributed by atoms with Gasteiger partial charge in [-0.3, -0.25) is 4.79 Å². The van der Waals surface area contributed by atoms with Gasteiger partial charge in [0.1, 0.15) is 0 Å². The molecule has 0 atom stereocenters. The van der Waals surface area contributed by atoms with Crippen molar-refractivity contribution in [3.63, 3.8) is 0 Å². The summed E-state index contributed by atoms with van der Waals surface area (Å²) in [6, 6.07) is 0. The largest absolute Gasteiger partial charge is 0.353 e. The van der Waals surface area contributed by atoms with Crippen molar-refractivity contribution in [1.82, 2.24) is 10.6 Å². The van der Waals surface area contributed by atoms with Crippen LogP contribution in [0.2, 0.25) is 0 Å². The van der Waals surface area contributed by atoms with Gasteiger partial charge >= 0.3 is 0 Å². The zero-order valence-electron chi connectivity index (χ0n) is 12.5. The molecule has 0 spiro atoms. The normalized spacial score (nSPS) is 19.0. The number of carbonyl (C=O) groups excluding carboxylic acids is 1. The Balaban J connectivity index is 0.00000361. The van der Waals surface area contributed by atoms with Gasteiger partial charge in [-0.15, -0.1) is 12.4 Å². The van der Waals surface area contributed by atoms with Crippen LogP contribution >= 0.6 is 24.2 Å². The summed E-state index contributed by atoms with van der Waals surface area (Å²) >= 11 is 1.65. The van der Waals surface area contributed by atoms with E-state index >= 15 is 0 Å². The molecule has 2 N–H and O–H groups in total. The molecule has 0 unspecified atom stereocenters. The molecule has 1 rings (SSSR count). The second-order valence-corrected chi connectivity index (χ2v) is 9.50. The predicted molar refractivity (Wildman–Crippen MR) is 87.5 cm³/mol. The van der Waals surface area contributed by atoms with Crippen LogP contribution in [-0.2, 0) is 14.6 Å². The zero-order valence-corrected chi connectivity index (χ0v) is 14.9. The first-order chi connectivity index (χ1) is 8.65. The molecule has 120 valence electrons. The lowest BCUT2D eigenvalue weighted by Gasteiger charge is -2.35. The first-order valence-electron chi connectivity index (χ1n) is 6.38. The maximum Gasteiger partial charge on any atom is 0.241 e. The van der Waals surface area contributed by atoms with Crippen LogP contribution in [0.3, 0.4) is 0 Å². The van der Waals surface area contributed by atoms with E-state index in [1.54, 1.807) is 11.8 Å². The van der Waals surface area contributed by atoms with E-state index < -0.39 is 14.6 Å². The fraction of sp³-hybridized carbons (Fsp3) is 0.917. The molecule has 0 saturated carbocycles. The second-order valence-electron chi connectivity index (χ2n) is 5.66. The molecule has 1 fully saturated rings. The molecule has 0 aromatic heterocycles. The van der Waals surface area contributed by atoms with Gasteiger partial charge in [0.15, 0.2) is 14.6 Å². The third-order valence-electron chi connectivity index (χ3n) is 3.76. The van der Waals surface area contributed by atoms with Crippen molar-refractivity contribution in [3.8, 4) is 0 Å². The van der Waals surface area contributed by atoms with Gasteiger partial charge in [0.2, 0.25) is 5.91 Å². The van der Waals surface area contributed by atoms with Gasteiger partial charge in [0.25, 0.3) is 0 Å². The van der Waals surface area contributed by atoms with Crippen LogP contribution in [0.15, 0.2) is 0 Å². The van der Waals surface area contributed by atoms with Crippen LogP contribution in [0.4, 0.5) is 0 Å². The summed E-state index contributed by atoms with van der Waals surface area (Å²) < 4.78 is 22.7. The molecule has 1 aliphatic rings. The summed E-state index contributed by atoms with van der Waals surface area (Å²) in [6.07, 6.45) is 3.83. The molecule has 0 bridgehead atoms. The lowest BCUT2D eigenvalue weighted by molar-refractivity contribution is -0.124. The standard InChI is InChI=1S/C12H24N2O3S2.ClH/c1-11(2,18-3)9-14-10(15)12(19(4,16)17)5-7-13-8-6-12;/h13H,5-9H2,1-4H3,(H,14,15);1H. The van der Waals surface area contributed by atoms with Crippen molar-refractivity contribution in [2.75, 3.05) is 32.1 Å². The minimum Gasteiger partial charge on any atom is -0.353 e. The Morgan fingerprint density at radius 1 is 1.35 bits per heavy atom. The second kappa shape index (κ2) is 7.33. The quantitative estimate of drug-likeness (QED) is 0.772. The van der Waals surface area contributed by atoms with E-state index in [9.17, 15) is 13.2 Å². The minimum absolute atomic E-state index is 0. The van der Waals surface area contributed by atoms with E-state index in [-0.39, 0.29) is 23.1 Å². The van der Waals surface area contributed by atoms with E-state index in [0.717, 1.165) is 6.26 Å². The van der Waals surface area contributed by atoms with Crippen molar-refractivity contribution in [2.45, 2.75) is 36.2 Å². The molecule has 1 heterocycles. The van der Waals surface area contributed by atoms with Crippen molar-refractivity contribution in [1.29, 1.82) is 0 Å². The summed E-state index contributed by atoms with van der Waals surface area (Å²) in [4.78, 5) is 12.4. The Morgan fingerprint density at radius 2 is 1.85 bits per heavy atom. The number of amides is 1. The summed E-state index contributed by atoms with van der Waals surface area (Å²) in [6.45, 7) is 5.64. The number of nitrogens with one attached hydrogen (secondary N) is 2. The number of carbonyl (C=O) groups is 1. The van der Waals surface area contributed by atoms with Crippen molar-refractivity contribution < 1.29 is 13.2 Å². The average molecular weight is 345 g/mol. The molecule has 1 aliphatic heterocycles. The monoisotopic (exact) mass is 344 g/mol. The Kier molecular flexibility index (Phi) is 7.34. The molecule has 8 heteroatoms. The van der Waals surface area contributed by atoms with Gasteiger partial charge in [-0.2, -0.15) is 11.8 Å². The highest BCUT2D eigenvalue weighted by Gasteiger charge is 2.48. The van der Waals surface area contributed by atoms with Crippen molar-refractivity contribution >= 4 is 39.9 Å². The van der Waals surface area contributed by atoms with Crippen LogP contribution in [0.25, 0.3) is 0 Å². The minimum atomic E-state index is -3.42. The highest BCUT2D eigenvalue weighted by atomic mass is 35.5. The van der Waals surface area contributed by atoms with Gasteiger partial charge < -0.3 is 10.6 Å². The third kappa shape index (κ3) is 4.51.